The van der Waals surface area contributed by atoms with Crippen LogP contribution in [0.4, 0.5) is 11.8 Å². The normalized spacial score (nSPS) is 20.5. The molecule has 0 spiro atoms. The molecule has 0 unspecified atom stereocenters. The van der Waals surface area contributed by atoms with Crippen molar-refractivity contribution in [1.29, 1.82) is 0 Å². The maximum atomic E-state index is 9.65. The smallest absolute Gasteiger partial charge is 0.222 e. The Hall–Kier alpha value is -2.34. The van der Waals surface area contributed by atoms with E-state index in [1.165, 1.54) is 5.56 Å². The van der Waals surface area contributed by atoms with Crippen LogP contribution in [-0.4, -0.2) is 27.2 Å². The minimum absolute atomic E-state index is 0.191. The van der Waals surface area contributed by atoms with Gasteiger partial charge in [-0.2, -0.15) is 4.98 Å². The average molecular weight is 342 g/mol. The van der Waals surface area contributed by atoms with Crippen molar-refractivity contribution in [2.45, 2.75) is 57.6 Å². The molecular formula is C19H26N4O2. The second-order valence-electron chi connectivity index (χ2n) is 6.92. The number of aliphatic hydroxyl groups is 1. The highest BCUT2D eigenvalue weighted by Crippen LogP contribution is 2.31. The molecule has 1 aliphatic carbocycles. The number of nitrogens with two attached hydrogens (primary N) is 1. The summed E-state index contributed by atoms with van der Waals surface area (Å²) < 4.78 is 5.97. The van der Waals surface area contributed by atoms with Crippen LogP contribution in [0.5, 0.6) is 11.5 Å². The number of benzene rings is 1. The van der Waals surface area contributed by atoms with Crippen molar-refractivity contribution in [3.63, 3.8) is 0 Å². The summed E-state index contributed by atoms with van der Waals surface area (Å²) in [4.78, 5) is 8.34. The van der Waals surface area contributed by atoms with Crippen molar-refractivity contribution in [2.24, 2.45) is 0 Å². The van der Waals surface area contributed by atoms with Gasteiger partial charge in [-0.25, -0.2) is 4.98 Å². The van der Waals surface area contributed by atoms with E-state index < -0.39 is 0 Å². The first kappa shape index (κ1) is 17.5. The van der Waals surface area contributed by atoms with Gasteiger partial charge in [0.1, 0.15) is 5.75 Å². The Morgan fingerprint density at radius 1 is 1.16 bits per heavy atom. The third kappa shape index (κ3) is 4.60. The molecule has 0 atom stereocenters. The lowest BCUT2D eigenvalue weighted by atomic mass is 9.93. The largest absolute Gasteiger partial charge is 0.452 e. The summed E-state index contributed by atoms with van der Waals surface area (Å²) in [6.07, 6.45) is 4.79. The SMILES string of the molecule is CC(C)c1ccc(Oc2cnc(N)nc2N[C@H]2CC[C@H](O)CC2)cc1. The predicted molar refractivity (Wildman–Crippen MR) is 98.9 cm³/mol. The van der Waals surface area contributed by atoms with Gasteiger partial charge < -0.3 is 20.9 Å². The van der Waals surface area contributed by atoms with Gasteiger partial charge in [0.25, 0.3) is 0 Å². The monoisotopic (exact) mass is 342 g/mol. The molecule has 1 aliphatic rings. The summed E-state index contributed by atoms with van der Waals surface area (Å²) >= 11 is 0. The first-order chi connectivity index (χ1) is 12.0. The summed E-state index contributed by atoms with van der Waals surface area (Å²) in [7, 11) is 0. The molecule has 3 rings (SSSR count). The van der Waals surface area contributed by atoms with E-state index in [1.807, 2.05) is 12.1 Å². The lowest BCUT2D eigenvalue weighted by Gasteiger charge is -2.27. The van der Waals surface area contributed by atoms with E-state index >= 15 is 0 Å². The van der Waals surface area contributed by atoms with E-state index in [0.29, 0.717) is 17.5 Å². The average Bonchev–Trinajstić information content (AvgIpc) is 2.60. The van der Waals surface area contributed by atoms with Gasteiger partial charge in [0.15, 0.2) is 11.6 Å². The van der Waals surface area contributed by atoms with Gasteiger partial charge in [0.05, 0.1) is 12.3 Å². The molecule has 1 aromatic carbocycles. The van der Waals surface area contributed by atoms with Crippen LogP contribution in [0.15, 0.2) is 30.5 Å². The molecule has 1 heterocycles. The molecule has 0 bridgehead atoms. The van der Waals surface area contributed by atoms with E-state index in [9.17, 15) is 5.11 Å². The molecule has 2 aromatic rings. The fourth-order valence-corrected chi connectivity index (χ4v) is 3.02. The second kappa shape index (κ2) is 7.70. The van der Waals surface area contributed by atoms with Crippen LogP contribution < -0.4 is 15.8 Å². The van der Waals surface area contributed by atoms with E-state index in [1.54, 1.807) is 6.20 Å². The zero-order valence-electron chi connectivity index (χ0n) is 14.8. The molecule has 0 saturated heterocycles. The summed E-state index contributed by atoms with van der Waals surface area (Å²) in [6.45, 7) is 4.32. The minimum Gasteiger partial charge on any atom is -0.452 e. The van der Waals surface area contributed by atoms with E-state index in [-0.39, 0.29) is 18.1 Å². The first-order valence-electron chi connectivity index (χ1n) is 8.86. The number of nitrogen functional groups attached to an aromatic ring is 1. The molecule has 6 nitrogen and oxygen atoms in total. The maximum Gasteiger partial charge on any atom is 0.222 e. The number of ether oxygens (including phenoxy) is 1. The van der Waals surface area contributed by atoms with Gasteiger partial charge in [0.2, 0.25) is 5.95 Å². The van der Waals surface area contributed by atoms with Crippen LogP contribution >= 0.6 is 0 Å². The molecule has 6 heteroatoms. The number of nitrogens with one attached hydrogen (secondary N) is 1. The van der Waals surface area contributed by atoms with Gasteiger partial charge in [0, 0.05) is 6.04 Å². The molecule has 25 heavy (non-hydrogen) atoms. The van der Waals surface area contributed by atoms with Gasteiger partial charge >= 0.3 is 0 Å². The maximum absolute atomic E-state index is 9.65. The standard InChI is InChI=1S/C19H26N4O2/c1-12(2)13-3-9-16(10-4-13)25-17-11-21-19(20)23-18(17)22-14-5-7-15(24)8-6-14/h3-4,9-12,14-15,24H,5-8H2,1-2H3,(H3,20,21,22,23)/t14-,15-. The number of hydrogen-bond donors (Lipinski definition) is 3. The van der Waals surface area contributed by atoms with Crippen LogP contribution in [0.3, 0.4) is 0 Å². The zero-order valence-corrected chi connectivity index (χ0v) is 14.8. The third-order valence-corrected chi connectivity index (χ3v) is 4.59. The third-order valence-electron chi connectivity index (χ3n) is 4.59. The summed E-state index contributed by atoms with van der Waals surface area (Å²) in [6, 6.07) is 8.28. The summed E-state index contributed by atoms with van der Waals surface area (Å²) in [5.74, 6) is 2.58. The summed E-state index contributed by atoms with van der Waals surface area (Å²) in [5, 5.41) is 13.0. The topological polar surface area (TPSA) is 93.3 Å². The Morgan fingerprint density at radius 2 is 1.84 bits per heavy atom. The van der Waals surface area contributed by atoms with Gasteiger partial charge in [-0.3, -0.25) is 0 Å². The Labute approximate surface area is 148 Å². The van der Waals surface area contributed by atoms with Crippen LogP contribution in [0.1, 0.15) is 51.0 Å². The molecule has 0 radical (unpaired) electrons. The van der Waals surface area contributed by atoms with Crippen molar-refractivity contribution >= 4 is 11.8 Å². The van der Waals surface area contributed by atoms with Crippen molar-refractivity contribution < 1.29 is 9.84 Å². The Morgan fingerprint density at radius 3 is 2.48 bits per heavy atom. The highest BCUT2D eigenvalue weighted by Gasteiger charge is 2.21. The van der Waals surface area contributed by atoms with Crippen LogP contribution in [0.25, 0.3) is 0 Å². The van der Waals surface area contributed by atoms with Gasteiger partial charge in [-0.15, -0.1) is 0 Å². The highest BCUT2D eigenvalue weighted by molar-refractivity contribution is 5.53. The number of aliphatic hydroxyl groups excluding tert-OH is 1. The lowest BCUT2D eigenvalue weighted by Crippen LogP contribution is -2.28. The number of anilines is 2. The molecule has 4 N–H and O–H groups in total. The quantitative estimate of drug-likeness (QED) is 0.767. The molecule has 0 aliphatic heterocycles. The van der Waals surface area contributed by atoms with Crippen LogP contribution in [0.2, 0.25) is 0 Å². The fraction of sp³-hybridized carbons (Fsp3) is 0.474. The highest BCUT2D eigenvalue weighted by atomic mass is 16.5. The zero-order chi connectivity index (χ0) is 17.8. The summed E-state index contributed by atoms with van der Waals surface area (Å²) in [5.41, 5.74) is 7.01. The molecule has 1 aromatic heterocycles. The van der Waals surface area contributed by atoms with Crippen molar-refractivity contribution in [1.82, 2.24) is 9.97 Å². The lowest BCUT2D eigenvalue weighted by molar-refractivity contribution is 0.126. The van der Waals surface area contributed by atoms with Crippen LogP contribution in [0, 0.1) is 0 Å². The van der Waals surface area contributed by atoms with E-state index in [0.717, 1.165) is 31.4 Å². The van der Waals surface area contributed by atoms with Crippen LogP contribution in [-0.2, 0) is 0 Å². The second-order valence-corrected chi connectivity index (χ2v) is 6.92. The Bertz CT molecular complexity index is 695. The molecule has 1 fully saturated rings. The molecule has 134 valence electrons. The van der Waals surface area contributed by atoms with Gasteiger partial charge in [-0.1, -0.05) is 26.0 Å². The molecule has 1 saturated carbocycles. The number of hydrogen-bond acceptors (Lipinski definition) is 6. The van der Waals surface area contributed by atoms with E-state index in [4.69, 9.17) is 10.5 Å². The first-order valence-corrected chi connectivity index (χ1v) is 8.86. The fourth-order valence-electron chi connectivity index (χ4n) is 3.02. The molecule has 0 amide bonds. The van der Waals surface area contributed by atoms with Gasteiger partial charge in [-0.05, 0) is 49.3 Å². The predicted octanol–water partition coefficient (Wildman–Crippen LogP) is 3.69. The van der Waals surface area contributed by atoms with E-state index in [2.05, 4.69) is 41.3 Å². The minimum atomic E-state index is -0.191. The van der Waals surface area contributed by atoms with Crippen molar-refractivity contribution in [2.75, 3.05) is 11.1 Å². The van der Waals surface area contributed by atoms with Crippen molar-refractivity contribution in [3.8, 4) is 11.5 Å². The molecular weight excluding hydrogens is 316 g/mol. The number of nitrogens with zero attached hydrogens (tertiary/aromatic N) is 2. The number of rotatable bonds is 5. The number of aromatic nitrogens is 2. The Kier molecular flexibility index (Phi) is 5.38. The Balaban J connectivity index is 1.74. The van der Waals surface area contributed by atoms with Crippen molar-refractivity contribution in [3.05, 3.63) is 36.0 Å².